The molecule has 1 fully saturated rings. The molecule has 0 aliphatic carbocycles. The Balaban J connectivity index is 2.02. The van der Waals surface area contributed by atoms with Crippen molar-refractivity contribution in [1.82, 2.24) is 10.3 Å². The highest BCUT2D eigenvalue weighted by molar-refractivity contribution is 5.43. The normalized spacial score (nSPS) is 16.7. The molecule has 0 radical (unpaired) electrons. The van der Waals surface area contributed by atoms with Crippen LogP contribution in [0.2, 0.25) is 0 Å². The van der Waals surface area contributed by atoms with Gasteiger partial charge in [-0.15, -0.1) is 0 Å². The summed E-state index contributed by atoms with van der Waals surface area (Å²) in [6, 6.07) is 2.13. The molecule has 1 saturated heterocycles. The fraction of sp³-hybridized carbons (Fsp3) is 0.706. The van der Waals surface area contributed by atoms with Crippen LogP contribution in [-0.4, -0.2) is 24.1 Å². The summed E-state index contributed by atoms with van der Waals surface area (Å²) in [5, 5.41) is 3.27. The third-order valence-electron chi connectivity index (χ3n) is 4.26. The Hall–Kier alpha value is -1.16. The van der Waals surface area contributed by atoms with E-state index in [1.54, 1.807) is 12.3 Å². The average Bonchev–Trinajstić information content (AvgIpc) is 2.47. The van der Waals surface area contributed by atoms with Crippen LogP contribution in [0.5, 0.6) is 0 Å². The van der Waals surface area contributed by atoms with Crippen molar-refractivity contribution in [2.45, 2.75) is 59.0 Å². The zero-order valence-corrected chi connectivity index (χ0v) is 13.5. The van der Waals surface area contributed by atoms with Crippen LogP contribution in [0.1, 0.15) is 52.0 Å². The summed E-state index contributed by atoms with van der Waals surface area (Å²) in [4.78, 5) is 6.40. The standard InChI is InChI=1S/C17H28FN3/c1-4-5-14-7-10-21(11-8-14)17-16(18)15(6-9-19-17)12-20-13(2)3/h6,9,13-14,20H,4-5,7-8,10-12H2,1-3H3. The molecule has 2 rings (SSSR count). The van der Waals surface area contributed by atoms with Gasteiger partial charge in [-0.2, -0.15) is 0 Å². The van der Waals surface area contributed by atoms with Crippen LogP contribution < -0.4 is 10.2 Å². The van der Waals surface area contributed by atoms with Gasteiger partial charge in [-0.05, 0) is 24.8 Å². The van der Waals surface area contributed by atoms with Gasteiger partial charge in [0, 0.05) is 37.4 Å². The molecule has 0 aromatic carbocycles. The molecule has 2 heterocycles. The second kappa shape index (κ2) is 7.74. The second-order valence-corrected chi connectivity index (χ2v) is 6.36. The monoisotopic (exact) mass is 293 g/mol. The van der Waals surface area contributed by atoms with Crippen molar-refractivity contribution in [3.05, 3.63) is 23.6 Å². The number of piperidine rings is 1. The summed E-state index contributed by atoms with van der Waals surface area (Å²) in [5.74, 6) is 1.19. The van der Waals surface area contributed by atoms with E-state index in [-0.39, 0.29) is 5.82 Å². The van der Waals surface area contributed by atoms with Crippen molar-refractivity contribution >= 4 is 5.82 Å². The van der Waals surface area contributed by atoms with Gasteiger partial charge in [0.1, 0.15) is 0 Å². The highest BCUT2D eigenvalue weighted by Crippen LogP contribution is 2.27. The Kier molecular flexibility index (Phi) is 5.97. The zero-order valence-electron chi connectivity index (χ0n) is 13.5. The van der Waals surface area contributed by atoms with Gasteiger partial charge in [-0.3, -0.25) is 0 Å². The Morgan fingerprint density at radius 1 is 1.38 bits per heavy atom. The van der Waals surface area contributed by atoms with Crippen molar-refractivity contribution < 1.29 is 4.39 Å². The number of rotatable bonds is 6. The van der Waals surface area contributed by atoms with E-state index in [1.165, 1.54) is 12.8 Å². The minimum atomic E-state index is -0.153. The molecule has 118 valence electrons. The number of nitrogens with zero attached hydrogens (tertiary/aromatic N) is 2. The molecule has 1 aliphatic rings. The Labute approximate surface area is 127 Å². The molecule has 1 aromatic rings. The fourth-order valence-corrected chi connectivity index (χ4v) is 2.98. The van der Waals surface area contributed by atoms with E-state index < -0.39 is 0 Å². The first kappa shape index (κ1) is 16.2. The Morgan fingerprint density at radius 2 is 2.10 bits per heavy atom. The first-order chi connectivity index (χ1) is 10.1. The predicted octanol–water partition coefficient (Wildman–Crippen LogP) is 3.74. The molecule has 0 spiro atoms. The van der Waals surface area contributed by atoms with Crippen LogP contribution >= 0.6 is 0 Å². The summed E-state index contributed by atoms with van der Waals surface area (Å²) in [7, 11) is 0. The van der Waals surface area contributed by atoms with E-state index in [0.717, 1.165) is 31.8 Å². The second-order valence-electron chi connectivity index (χ2n) is 6.36. The molecule has 3 nitrogen and oxygen atoms in total. The van der Waals surface area contributed by atoms with E-state index in [0.29, 0.717) is 24.0 Å². The summed E-state index contributed by atoms with van der Waals surface area (Å²) in [5.41, 5.74) is 0.712. The van der Waals surface area contributed by atoms with Gasteiger partial charge in [-0.25, -0.2) is 9.37 Å². The van der Waals surface area contributed by atoms with Crippen LogP contribution in [0.4, 0.5) is 10.2 Å². The number of hydrogen-bond acceptors (Lipinski definition) is 3. The van der Waals surface area contributed by atoms with Crippen LogP contribution in [0.3, 0.4) is 0 Å². The molecule has 0 bridgehead atoms. The molecule has 0 saturated carbocycles. The van der Waals surface area contributed by atoms with Crippen molar-refractivity contribution in [2.75, 3.05) is 18.0 Å². The fourth-order valence-electron chi connectivity index (χ4n) is 2.98. The molecule has 21 heavy (non-hydrogen) atoms. The van der Waals surface area contributed by atoms with Gasteiger partial charge in [-0.1, -0.05) is 33.6 Å². The van der Waals surface area contributed by atoms with Gasteiger partial charge >= 0.3 is 0 Å². The molecule has 4 heteroatoms. The molecule has 1 N–H and O–H groups in total. The van der Waals surface area contributed by atoms with Crippen LogP contribution in [0, 0.1) is 11.7 Å². The number of aromatic nitrogens is 1. The topological polar surface area (TPSA) is 28.2 Å². The lowest BCUT2D eigenvalue weighted by Gasteiger charge is -2.33. The van der Waals surface area contributed by atoms with Crippen molar-refractivity contribution in [1.29, 1.82) is 0 Å². The minimum Gasteiger partial charge on any atom is -0.354 e. The van der Waals surface area contributed by atoms with Crippen LogP contribution in [-0.2, 0) is 6.54 Å². The zero-order chi connectivity index (χ0) is 15.2. The number of halogens is 1. The van der Waals surface area contributed by atoms with Crippen LogP contribution in [0.25, 0.3) is 0 Å². The lowest BCUT2D eigenvalue weighted by atomic mass is 9.92. The van der Waals surface area contributed by atoms with Gasteiger partial charge < -0.3 is 10.2 Å². The number of pyridine rings is 1. The summed E-state index contributed by atoms with van der Waals surface area (Å²) in [6.07, 6.45) is 6.58. The SMILES string of the molecule is CCCC1CCN(c2nccc(CNC(C)C)c2F)CC1. The van der Waals surface area contributed by atoms with E-state index in [4.69, 9.17) is 0 Å². The molecule has 0 unspecified atom stereocenters. The third kappa shape index (κ3) is 4.40. The molecular weight excluding hydrogens is 265 g/mol. The molecule has 1 aromatic heterocycles. The number of hydrogen-bond donors (Lipinski definition) is 1. The maximum atomic E-state index is 14.6. The van der Waals surface area contributed by atoms with E-state index in [9.17, 15) is 4.39 Å². The first-order valence-corrected chi connectivity index (χ1v) is 8.23. The molecular formula is C17H28FN3. The van der Waals surface area contributed by atoms with Crippen LogP contribution in [0.15, 0.2) is 12.3 Å². The highest BCUT2D eigenvalue weighted by Gasteiger charge is 2.22. The quantitative estimate of drug-likeness (QED) is 0.866. The molecule has 0 amide bonds. The van der Waals surface area contributed by atoms with Gasteiger partial charge in [0.25, 0.3) is 0 Å². The molecule has 0 atom stereocenters. The van der Waals surface area contributed by atoms with E-state index in [1.807, 2.05) is 0 Å². The van der Waals surface area contributed by atoms with E-state index >= 15 is 0 Å². The Bertz CT molecular complexity index is 440. The van der Waals surface area contributed by atoms with Gasteiger partial charge in [0.05, 0.1) is 0 Å². The maximum Gasteiger partial charge on any atom is 0.170 e. The lowest BCUT2D eigenvalue weighted by Crippen LogP contribution is -2.35. The average molecular weight is 293 g/mol. The summed E-state index contributed by atoms with van der Waals surface area (Å²) >= 11 is 0. The smallest absolute Gasteiger partial charge is 0.170 e. The summed E-state index contributed by atoms with van der Waals surface area (Å²) < 4.78 is 14.6. The van der Waals surface area contributed by atoms with Gasteiger partial charge in [0.15, 0.2) is 11.6 Å². The number of anilines is 1. The highest BCUT2D eigenvalue weighted by atomic mass is 19.1. The van der Waals surface area contributed by atoms with Crippen molar-refractivity contribution in [3.63, 3.8) is 0 Å². The lowest BCUT2D eigenvalue weighted by molar-refractivity contribution is 0.374. The van der Waals surface area contributed by atoms with Gasteiger partial charge in [0.2, 0.25) is 0 Å². The van der Waals surface area contributed by atoms with E-state index in [2.05, 4.69) is 36.0 Å². The summed E-state index contributed by atoms with van der Waals surface area (Å²) in [6.45, 7) is 8.78. The Morgan fingerprint density at radius 3 is 2.71 bits per heavy atom. The van der Waals surface area contributed by atoms with Crippen molar-refractivity contribution in [3.8, 4) is 0 Å². The van der Waals surface area contributed by atoms with Crippen molar-refractivity contribution in [2.24, 2.45) is 5.92 Å². The molecule has 1 aliphatic heterocycles. The largest absolute Gasteiger partial charge is 0.354 e. The number of nitrogens with one attached hydrogen (secondary N) is 1. The third-order valence-corrected chi connectivity index (χ3v) is 4.26. The first-order valence-electron chi connectivity index (χ1n) is 8.23. The predicted molar refractivity (Wildman–Crippen MR) is 86.0 cm³/mol. The maximum absolute atomic E-state index is 14.6. The minimum absolute atomic E-state index is 0.153.